The number of aliphatic hydroxyl groups excluding tert-OH is 1. The Labute approximate surface area is 123 Å². The van der Waals surface area contributed by atoms with Crippen molar-refractivity contribution in [2.45, 2.75) is 38.1 Å². The summed E-state index contributed by atoms with van der Waals surface area (Å²) in [6.07, 6.45) is 5.29. The minimum atomic E-state index is -0.503. The first-order valence-electron chi connectivity index (χ1n) is 7.35. The topological polar surface area (TPSA) is 41.3 Å². The van der Waals surface area contributed by atoms with Gasteiger partial charge in [-0.3, -0.25) is 9.58 Å². The summed E-state index contributed by atoms with van der Waals surface area (Å²) in [5, 5.41) is 14.3. The molecule has 3 rings (SSSR count). The molecule has 1 aliphatic carbocycles. The quantitative estimate of drug-likeness (QED) is 0.848. The Bertz CT molecular complexity index is 569. The summed E-state index contributed by atoms with van der Waals surface area (Å²) >= 11 is 0. The third-order valence-electron chi connectivity index (χ3n) is 3.80. The van der Waals surface area contributed by atoms with Crippen molar-refractivity contribution < 1.29 is 9.50 Å². The molecular formula is C16H20FN3O. The molecule has 0 aliphatic heterocycles. The van der Waals surface area contributed by atoms with Crippen LogP contribution in [0.4, 0.5) is 4.39 Å². The lowest BCUT2D eigenvalue weighted by Crippen LogP contribution is -2.36. The highest BCUT2D eigenvalue weighted by Gasteiger charge is 2.30. The fraction of sp³-hybridized carbons (Fsp3) is 0.438. The summed E-state index contributed by atoms with van der Waals surface area (Å²) < 4.78 is 15.5. The lowest BCUT2D eigenvalue weighted by atomic mass is 10.2. The Balaban J connectivity index is 1.61. The van der Waals surface area contributed by atoms with Crippen molar-refractivity contribution in [3.05, 3.63) is 54.1 Å². The number of aliphatic hydroxyl groups is 1. The Morgan fingerprint density at radius 3 is 2.81 bits per heavy atom. The van der Waals surface area contributed by atoms with Crippen LogP contribution in [-0.2, 0) is 13.1 Å². The van der Waals surface area contributed by atoms with Crippen molar-refractivity contribution >= 4 is 0 Å². The van der Waals surface area contributed by atoms with Gasteiger partial charge in [0.1, 0.15) is 5.82 Å². The summed E-state index contributed by atoms with van der Waals surface area (Å²) in [4.78, 5) is 2.17. The van der Waals surface area contributed by atoms with Crippen LogP contribution in [0.15, 0.2) is 42.7 Å². The van der Waals surface area contributed by atoms with Crippen LogP contribution in [0.25, 0.3) is 0 Å². The second-order valence-electron chi connectivity index (χ2n) is 5.63. The third kappa shape index (κ3) is 3.89. The van der Waals surface area contributed by atoms with E-state index in [-0.39, 0.29) is 5.82 Å². The predicted molar refractivity (Wildman–Crippen MR) is 78.1 cm³/mol. The normalized spacial score (nSPS) is 16.3. The Morgan fingerprint density at radius 1 is 1.33 bits per heavy atom. The molecule has 2 aromatic rings. The van der Waals surface area contributed by atoms with Crippen LogP contribution in [0.3, 0.4) is 0 Å². The Hall–Kier alpha value is -1.72. The third-order valence-corrected chi connectivity index (χ3v) is 3.80. The van der Waals surface area contributed by atoms with E-state index in [9.17, 15) is 9.50 Å². The summed E-state index contributed by atoms with van der Waals surface area (Å²) in [7, 11) is 0. The van der Waals surface area contributed by atoms with Crippen molar-refractivity contribution in [1.29, 1.82) is 0 Å². The summed E-state index contributed by atoms with van der Waals surface area (Å²) in [5.41, 5.74) is 0.690. The van der Waals surface area contributed by atoms with Crippen molar-refractivity contribution in [3.8, 4) is 0 Å². The molecule has 1 unspecified atom stereocenters. The molecule has 5 heteroatoms. The molecule has 0 saturated heterocycles. The monoisotopic (exact) mass is 289 g/mol. The van der Waals surface area contributed by atoms with Crippen molar-refractivity contribution in [3.63, 3.8) is 0 Å². The fourth-order valence-corrected chi connectivity index (χ4v) is 2.58. The largest absolute Gasteiger partial charge is 0.390 e. The highest BCUT2D eigenvalue weighted by atomic mass is 19.1. The SMILES string of the molecule is OC(CN(Cc1ccccc1F)C1CC1)Cn1cccn1. The van der Waals surface area contributed by atoms with E-state index in [1.165, 1.54) is 6.07 Å². The first kappa shape index (κ1) is 14.2. The zero-order valence-corrected chi connectivity index (χ0v) is 11.9. The van der Waals surface area contributed by atoms with Crippen LogP contribution in [0.2, 0.25) is 0 Å². The van der Waals surface area contributed by atoms with Gasteiger partial charge >= 0.3 is 0 Å². The number of hydrogen-bond donors (Lipinski definition) is 1. The molecule has 112 valence electrons. The summed E-state index contributed by atoms with van der Waals surface area (Å²) in [5.74, 6) is -0.176. The lowest BCUT2D eigenvalue weighted by Gasteiger charge is -2.25. The van der Waals surface area contributed by atoms with E-state index >= 15 is 0 Å². The van der Waals surface area contributed by atoms with Gasteiger partial charge in [-0.05, 0) is 25.0 Å². The molecule has 1 aromatic carbocycles. The number of halogens is 1. The molecule has 4 nitrogen and oxygen atoms in total. The van der Waals surface area contributed by atoms with Gasteiger partial charge in [0, 0.05) is 37.1 Å². The molecule has 1 atom stereocenters. The second kappa shape index (κ2) is 6.37. The van der Waals surface area contributed by atoms with Crippen LogP contribution < -0.4 is 0 Å². The number of aromatic nitrogens is 2. The first-order chi connectivity index (χ1) is 10.2. The number of hydrogen-bond acceptors (Lipinski definition) is 3. The van der Waals surface area contributed by atoms with Gasteiger partial charge in [-0.25, -0.2) is 4.39 Å². The van der Waals surface area contributed by atoms with E-state index < -0.39 is 6.10 Å². The van der Waals surface area contributed by atoms with E-state index in [1.54, 1.807) is 16.9 Å². The highest BCUT2D eigenvalue weighted by molar-refractivity contribution is 5.17. The number of nitrogens with zero attached hydrogens (tertiary/aromatic N) is 3. The summed E-state index contributed by atoms with van der Waals surface area (Å²) in [6, 6.07) is 9.16. The van der Waals surface area contributed by atoms with Crippen molar-refractivity contribution in [1.82, 2.24) is 14.7 Å². The first-order valence-corrected chi connectivity index (χ1v) is 7.35. The van der Waals surface area contributed by atoms with Gasteiger partial charge in [0.15, 0.2) is 0 Å². The van der Waals surface area contributed by atoms with Gasteiger partial charge in [0.05, 0.1) is 12.6 Å². The molecule has 1 N–H and O–H groups in total. The Kier molecular flexibility index (Phi) is 4.31. The highest BCUT2D eigenvalue weighted by Crippen LogP contribution is 2.29. The molecule has 1 heterocycles. The fourth-order valence-electron chi connectivity index (χ4n) is 2.58. The zero-order valence-electron chi connectivity index (χ0n) is 11.9. The van der Waals surface area contributed by atoms with E-state index in [4.69, 9.17) is 0 Å². The van der Waals surface area contributed by atoms with Crippen LogP contribution in [0.5, 0.6) is 0 Å². The molecule has 0 spiro atoms. The Morgan fingerprint density at radius 2 is 2.14 bits per heavy atom. The smallest absolute Gasteiger partial charge is 0.127 e. The number of rotatable bonds is 7. The minimum Gasteiger partial charge on any atom is -0.390 e. The summed E-state index contributed by atoms with van der Waals surface area (Å²) in [6.45, 7) is 1.56. The second-order valence-corrected chi connectivity index (χ2v) is 5.63. The lowest BCUT2D eigenvalue weighted by molar-refractivity contribution is 0.0870. The van der Waals surface area contributed by atoms with E-state index in [2.05, 4.69) is 10.00 Å². The molecule has 1 fully saturated rings. The predicted octanol–water partition coefficient (Wildman–Crippen LogP) is 2.05. The molecule has 0 radical (unpaired) electrons. The number of benzene rings is 1. The van der Waals surface area contributed by atoms with Gasteiger partial charge in [-0.2, -0.15) is 5.10 Å². The van der Waals surface area contributed by atoms with Gasteiger partial charge in [-0.15, -0.1) is 0 Å². The van der Waals surface area contributed by atoms with E-state index in [0.717, 1.165) is 12.8 Å². The van der Waals surface area contributed by atoms with Crippen LogP contribution in [-0.4, -0.2) is 38.5 Å². The molecule has 0 amide bonds. The average Bonchev–Trinajstić information content (AvgIpc) is 3.19. The van der Waals surface area contributed by atoms with E-state index in [1.807, 2.05) is 24.4 Å². The average molecular weight is 289 g/mol. The van der Waals surface area contributed by atoms with Crippen molar-refractivity contribution in [2.75, 3.05) is 6.54 Å². The molecule has 1 aromatic heterocycles. The van der Waals surface area contributed by atoms with Crippen LogP contribution in [0, 0.1) is 5.82 Å². The van der Waals surface area contributed by atoms with Gasteiger partial charge in [-0.1, -0.05) is 18.2 Å². The molecule has 1 saturated carbocycles. The zero-order chi connectivity index (χ0) is 14.7. The molecule has 1 aliphatic rings. The van der Waals surface area contributed by atoms with E-state index in [0.29, 0.717) is 31.2 Å². The standard InChI is InChI=1S/C16H20FN3O/c17-16-5-2-1-4-13(16)10-19(14-6-7-14)11-15(21)12-20-9-3-8-18-20/h1-5,8-9,14-15,21H,6-7,10-12H2. The maximum absolute atomic E-state index is 13.8. The molecular weight excluding hydrogens is 269 g/mol. The van der Waals surface area contributed by atoms with Crippen LogP contribution >= 0.6 is 0 Å². The van der Waals surface area contributed by atoms with Crippen molar-refractivity contribution in [2.24, 2.45) is 0 Å². The van der Waals surface area contributed by atoms with Gasteiger partial charge < -0.3 is 5.11 Å². The maximum Gasteiger partial charge on any atom is 0.127 e. The molecule has 0 bridgehead atoms. The maximum atomic E-state index is 13.8. The molecule has 21 heavy (non-hydrogen) atoms. The van der Waals surface area contributed by atoms with Crippen LogP contribution in [0.1, 0.15) is 18.4 Å². The minimum absolute atomic E-state index is 0.176. The van der Waals surface area contributed by atoms with Gasteiger partial charge in [0.2, 0.25) is 0 Å². The van der Waals surface area contributed by atoms with Gasteiger partial charge in [0.25, 0.3) is 0 Å².